The largest absolute Gasteiger partial charge is 0.364 e. The lowest BCUT2D eigenvalue weighted by molar-refractivity contribution is -0.131. The number of piperazine rings is 1. The number of imidazole rings is 1. The van der Waals surface area contributed by atoms with Gasteiger partial charge in [-0.2, -0.15) is 0 Å². The van der Waals surface area contributed by atoms with Crippen molar-refractivity contribution in [3.8, 4) is 11.3 Å². The fourth-order valence-electron chi connectivity index (χ4n) is 6.61. The minimum absolute atomic E-state index is 0.174. The lowest BCUT2D eigenvalue weighted by Crippen LogP contribution is -2.54. The van der Waals surface area contributed by atoms with Gasteiger partial charge in [-0.25, -0.2) is 9.97 Å². The molecule has 4 aromatic rings. The van der Waals surface area contributed by atoms with Crippen LogP contribution in [-0.2, 0) is 4.79 Å². The van der Waals surface area contributed by atoms with Gasteiger partial charge in [-0.3, -0.25) is 14.1 Å². The standard InChI is InChI=1S/C32H33ClN6O/c1-21(40)37-14-16-38(17-15-37)26-18-25(19-26)32-35-29(30-31(33)34-12-13-39(30)32)24-9-8-23-10-11-27(36(2)28(23)20-24)22-6-4-3-5-7-22/h3-13,20,25-27H,14-19H2,1-2H3/t25-,26+,27?. The zero-order valence-electron chi connectivity index (χ0n) is 22.9. The number of hydrogen-bond donors (Lipinski definition) is 0. The van der Waals surface area contributed by atoms with E-state index in [2.05, 4.69) is 86.9 Å². The average molecular weight is 553 g/mol. The number of anilines is 1. The molecule has 204 valence electrons. The van der Waals surface area contributed by atoms with Crippen LogP contribution in [0.25, 0.3) is 22.9 Å². The van der Waals surface area contributed by atoms with Crippen molar-refractivity contribution in [2.75, 3.05) is 38.1 Å². The van der Waals surface area contributed by atoms with Crippen LogP contribution in [0.5, 0.6) is 0 Å². The highest BCUT2D eigenvalue weighted by Crippen LogP contribution is 2.43. The zero-order chi connectivity index (χ0) is 27.4. The number of fused-ring (bicyclic) bond motifs is 2. The molecule has 2 aliphatic heterocycles. The highest BCUT2D eigenvalue weighted by Gasteiger charge is 2.39. The van der Waals surface area contributed by atoms with Crippen molar-refractivity contribution in [1.29, 1.82) is 0 Å². The van der Waals surface area contributed by atoms with Crippen LogP contribution in [0.2, 0.25) is 5.15 Å². The summed E-state index contributed by atoms with van der Waals surface area (Å²) in [5, 5.41) is 0.473. The van der Waals surface area contributed by atoms with Crippen LogP contribution in [0, 0.1) is 0 Å². The molecule has 2 aromatic heterocycles. The summed E-state index contributed by atoms with van der Waals surface area (Å²) in [4.78, 5) is 28.2. The van der Waals surface area contributed by atoms with Crippen molar-refractivity contribution in [2.24, 2.45) is 0 Å². The fraction of sp³-hybridized carbons (Fsp3) is 0.344. The average Bonchev–Trinajstić information content (AvgIpc) is 3.34. The number of likely N-dealkylation sites (N-methyl/N-ethyl adjacent to an activating group) is 1. The second kappa shape index (κ2) is 10.1. The monoisotopic (exact) mass is 552 g/mol. The summed E-state index contributed by atoms with van der Waals surface area (Å²) in [6.07, 6.45) is 10.4. The van der Waals surface area contributed by atoms with E-state index in [1.165, 1.54) is 16.8 Å². The molecule has 1 saturated carbocycles. The van der Waals surface area contributed by atoms with E-state index in [1.807, 2.05) is 11.1 Å². The van der Waals surface area contributed by atoms with E-state index in [0.717, 1.165) is 61.6 Å². The summed E-state index contributed by atoms with van der Waals surface area (Å²) in [6, 6.07) is 17.9. The quantitative estimate of drug-likeness (QED) is 0.327. The molecule has 1 atom stereocenters. The number of benzene rings is 2. The number of aromatic nitrogens is 3. The predicted molar refractivity (Wildman–Crippen MR) is 160 cm³/mol. The van der Waals surface area contributed by atoms with Crippen molar-refractivity contribution in [1.82, 2.24) is 24.2 Å². The molecule has 40 heavy (non-hydrogen) atoms. The summed E-state index contributed by atoms with van der Waals surface area (Å²) >= 11 is 6.72. The van der Waals surface area contributed by atoms with Gasteiger partial charge < -0.3 is 9.80 Å². The zero-order valence-corrected chi connectivity index (χ0v) is 23.6. The number of amides is 1. The maximum atomic E-state index is 11.7. The van der Waals surface area contributed by atoms with Gasteiger partial charge in [0.1, 0.15) is 11.3 Å². The molecule has 1 amide bonds. The number of rotatable bonds is 4. The Bertz CT molecular complexity index is 1600. The Hall–Kier alpha value is -3.68. The molecule has 4 heterocycles. The molecular formula is C32H33ClN6O. The summed E-state index contributed by atoms with van der Waals surface area (Å²) in [5.74, 6) is 1.59. The molecule has 0 N–H and O–H groups in total. The summed E-state index contributed by atoms with van der Waals surface area (Å²) in [7, 11) is 2.15. The summed E-state index contributed by atoms with van der Waals surface area (Å²) in [6.45, 7) is 5.19. The van der Waals surface area contributed by atoms with E-state index >= 15 is 0 Å². The minimum atomic E-state index is 0.174. The SMILES string of the molecule is CC(=O)N1CCN([C@H]2C[C@@H](c3nc(-c4ccc5c(c4)N(C)C(c4ccccc4)C=C5)c4c(Cl)nccn43)C2)CC1. The molecule has 2 aromatic carbocycles. The molecular weight excluding hydrogens is 520 g/mol. The van der Waals surface area contributed by atoms with Gasteiger partial charge in [0.15, 0.2) is 5.15 Å². The predicted octanol–water partition coefficient (Wildman–Crippen LogP) is 5.66. The smallest absolute Gasteiger partial charge is 0.219 e. The Morgan fingerprint density at radius 3 is 2.55 bits per heavy atom. The Balaban J connectivity index is 1.18. The van der Waals surface area contributed by atoms with Crippen LogP contribution < -0.4 is 4.90 Å². The number of nitrogens with zero attached hydrogens (tertiary/aromatic N) is 6. The lowest BCUT2D eigenvalue weighted by atomic mass is 9.78. The van der Waals surface area contributed by atoms with Gasteiger partial charge in [-0.1, -0.05) is 66.2 Å². The lowest BCUT2D eigenvalue weighted by Gasteiger charge is -2.46. The molecule has 8 heteroatoms. The first kappa shape index (κ1) is 25.3. The molecule has 3 aliphatic rings. The topological polar surface area (TPSA) is 57.0 Å². The molecule has 2 fully saturated rings. The van der Waals surface area contributed by atoms with Crippen molar-refractivity contribution in [2.45, 2.75) is 37.8 Å². The Kier molecular flexibility index (Phi) is 6.36. The van der Waals surface area contributed by atoms with Gasteiger partial charge in [0, 0.05) is 75.8 Å². The Morgan fingerprint density at radius 2 is 1.80 bits per heavy atom. The van der Waals surface area contributed by atoms with Crippen molar-refractivity contribution in [3.63, 3.8) is 0 Å². The van der Waals surface area contributed by atoms with Crippen molar-refractivity contribution >= 4 is 34.8 Å². The van der Waals surface area contributed by atoms with Gasteiger partial charge in [0.05, 0.1) is 11.7 Å². The van der Waals surface area contributed by atoms with Gasteiger partial charge in [0.25, 0.3) is 0 Å². The van der Waals surface area contributed by atoms with Gasteiger partial charge in [-0.05, 0) is 30.0 Å². The first-order chi connectivity index (χ1) is 19.5. The normalized spacial score (nSPS) is 22.8. The molecule has 0 bridgehead atoms. The van der Waals surface area contributed by atoms with Gasteiger partial charge >= 0.3 is 0 Å². The van der Waals surface area contributed by atoms with Crippen LogP contribution in [0.1, 0.15) is 48.7 Å². The highest BCUT2D eigenvalue weighted by molar-refractivity contribution is 6.33. The number of carbonyl (C=O) groups excluding carboxylic acids is 1. The second-order valence-corrected chi connectivity index (χ2v) is 11.6. The summed E-state index contributed by atoms with van der Waals surface area (Å²) < 4.78 is 2.15. The van der Waals surface area contributed by atoms with E-state index in [4.69, 9.17) is 16.6 Å². The third kappa shape index (κ3) is 4.28. The highest BCUT2D eigenvalue weighted by atomic mass is 35.5. The molecule has 7 nitrogen and oxygen atoms in total. The third-order valence-corrected chi connectivity index (χ3v) is 9.27. The first-order valence-electron chi connectivity index (χ1n) is 14.1. The first-order valence-corrected chi connectivity index (χ1v) is 14.5. The minimum Gasteiger partial charge on any atom is -0.364 e. The van der Waals surface area contributed by atoms with Gasteiger partial charge in [-0.15, -0.1) is 0 Å². The van der Waals surface area contributed by atoms with E-state index in [-0.39, 0.29) is 11.9 Å². The van der Waals surface area contributed by atoms with E-state index in [9.17, 15) is 4.79 Å². The number of halogens is 1. The van der Waals surface area contributed by atoms with E-state index in [0.29, 0.717) is 17.1 Å². The fourth-order valence-corrected chi connectivity index (χ4v) is 6.85. The van der Waals surface area contributed by atoms with Crippen LogP contribution in [0.4, 0.5) is 5.69 Å². The molecule has 1 unspecified atom stereocenters. The van der Waals surface area contributed by atoms with Crippen LogP contribution >= 0.6 is 11.6 Å². The van der Waals surface area contributed by atoms with Crippen LogP contribution in [0.3, 0.4) is 0 Å². The molecule has 7 rings (SSSR count). The maximum Gasteiger partial charge on any atom is 0.219 e. The number of hydrogen-bond acceptors (Lipinski definition) is 5. The molecule has 1 aliphatic carbocycles. The Labute approximate surface area is 239 Å². The van der Waals surface area contributed by atoms with E-state index < -0.39 is 0 Å². The van der Waals surface area contributed by atoms with Gasteiger partial charge in [0.2, 0.25) is 5.91 Å². The second-order valence-electron chi connectivity index (χ2n) is 11.2. The third-order valence-electron chi connectivity index (χ3n) is 8.99. The molecule has 0 radical (unpaired) electrons. The van der Waals surface area contributed by atoms with Crippen LogP contribution in [0.15, 0.2) is 67.0 Å². The van der Waals surface area contributed by atoms with Crippen LogP contribution in [-0.4, -0.2) is 69.3 Å². The molecule has 0 spiro atoms. The summed E-state index contributed by atoms with van der Waals surface area (Å²) in [5.41, 5.74) is 6.42. The number of carbonyl (C=O) groups is 1. The van der Waals surface area contributed by atoms with Crippen molar-refractivity contribution in [3.05, 3.63) is 89.1 Å². The molecule has 1 saturated heterocycles. The Morgan fingerprint density at radius 1 is 1.02 bits per heavy atom. The maximum absolute atomic E-state index is 11.7. The van der Waals surface area contributed by atoms with E-state index in [1.54, 1.807) is 13.1 Å². The van der Waals surface area contributed by atoms with Crippen molar-refractivity contribution < 1.29 is 4.79 Å².